The number of hydrogen-bond donors (Lipinski definition) is 2. The molecule has 0 aliphatic carbocycles. The van der Waals surface area contributed by atoms with Crippen LogP contribution in [-0.4, -0.2) is 15.7 Å². The van der Waals surface area contributed by atoms with Crippen molar-refractivity contribution in [3.63, 3.8) is 0 Å². The molecular formula is C11H10BrIN4O. The standard InChI is InChI=1S/C11H10BrIN4O/c12-9-2-1-7(13)3-10(9)16-11(18)6-17-5-8(14)4-15-17/h1-5H,6,14H2,(H,16,18). The first-order valence-corrected chi connectivity index (χ1v) is 6.94. The fourth-order valence-corrected chi connectivity index (χ4v) is 2.23. The first-order valence-electron chi connectivity index (χ1n) is 5.07. The zero-order valence-corrected chi connectivity index (χ0v) is 13.0. The molecule has 0 fully saturated rings. The van der Waals surface area contributed by atoms with Crippen LogP contribution in [0.25, 0.3) is 0 Å². The third-order valence-corrected chi connectivity index (χ3v) is 3.52. The molecule has 0 atom stereocenters. The van der Waals surface area contributed by atoms with Crippen molar-refractivity contribution in [2.75, 3.05) is 11.1 Å². The average Bonchev–Trinajstić information content (AvgIpc) is 2.69. The fourth-order valence-electron chi connectivity index (χ4n) is 1.40. The number of anilines is 2. The van der Waals surface area contributed by atoms with Crippen molar-refractivity contribution < 1.29 is 4.79 Å². The van der Waals surface area contributed by atoms with E-state index in [0.717, 1.165) is 13.7 Å². The quantitative estimate of drug-likeness (QED) is 0.749. The summed E-state index contributed by atoms with van der Waals surface area (Å²) in [7, 11) is 0. The second-order valence-corrected chi connectivity index (χ2v) is 5.74. The molecule has 0 saturated heterocycles. The minimum Gasteiger partial charge on any atom is -0.396 e. The van der Waals surface area contributed by atoms with Crippen molar-refractivity contribution in [2.45, 2.75) is 6.54 Å². The molecule has 94 valence electrons. The molecule has 0 bridgehead atoms. The number of carbonyl (C=O) groups excluding carboxylic acids is 1. The number of aromatic nitrogens is 2. The minimum atomic E-state index is -0.152. The maximum atomic E-state index is 11.8. The van der Waals surface area contributed by atoms with Gasteiger partial charge in [0.25, 0.3) is 0 Å². The van der Waals surface area contributed by atoms with Gasteiger partial charge in [0.15, 0.2) is 0 Å². The highest BCUT2D eigenvalue weighted by molar-refractivity contribution is 14.1. The van der Waals surface area contributed by atoms with Crippen LogP contribution >= 0.6 is 38.5 Å². The summed E-state index contributed by atoms with van der Waals surface area (Å²) in [5.74, 6) is -0.152. The summed E-state index contributed by atoms with van der Waals surface area (Å²) in [4.78, 5) is 11.8. The molecule has 1 aromatic heterocycles. The Morgan fingerprint density at radius 1 is 1.56 bits per heavy atom. The van der Waals surface area contributed by atoms with Crippen molar-refractivity contribution in [3.05, 3.63) is 38.6 Å². The van der Waals surface area contributed by atoms with E-state index in [-0.39, 0.29) is 12.5 Å². The Morgan fingerprint density at radius 3 is 3.00 bits per heavy atom. The summed E-state index contributed by atoms with van der Waals surface area (Å²) in [6.07, 6.45) is 3.12. The Morgan fingerprint density at radius 2 is 2.33 bits per heavy atom. The first-order chi connectivity index (χ1) is 8.54. The van der Waals surface area contributed by atoms with Gasteiger partial charge in [0.05, 0.1) is 17.6 Å². The van der Waals surface area contributed by atoms with E-state index >= 15 is 0 Å². The molecule has 1 amide bonds. The van der Waals surface area contributed by atoms with Crippen LogP contribution in [-0.2, 0) is 11.3 Å². The lowest BCUT2D eigenvalue weighted by molar-refractivity contribution is -0.116. The van der Waals surface area contributed by atoms with Crippen molar-refractivity contribution in [2.24, 2.45) is 0 Å². The molecule has 1 heterocycles. The number of carbonyl (C=O) groups is 1. The van der Waals surface area contributed by atoms with Crippen LogP contribution in [0.3, 0.4) is 0 Å². The monoisotopic (exact) mass is 420 g/mol. The molecule has 5 nitrogen and oxygen atoms in total. The molecule has 0 unspecified atom stereocenters. The van der Waals surface area contributed by atoms with Gasteiger partial charge in [0.2, 0.25) is 5.91 Å². The van der Waals surface area contributed by atoms with Gasteiger partial charge in [-0.3, -0.25) is 9.48 Å². The molecule has 3 N–H and O–H groups in total. The zero-order valence-electron chi connectivity index (χ0n) is 9.23. The molecule has 0 aliphatic heterocycles. The molecule has 7 heteroatoms. The SMILES string of the molecule is Nc1cnn(CC(=O)Nc2cc(I)ccc2Br)c1. The second kappa shape index (κ2) is 5.70. The fraction of sp³-hybridized carbons (Fsp3) is 0.0909. The number of benzene rings is 1. The van der Waals surface area contributed by atoms with Gasteiger partial charge >= 0.3 is 0 Å². The zero-order chi connectivity index (χ0) is 13.1. The van der Waals surface area contributed by atoms with E-state index in [4.69, 9.17) is 5.73 Å². The summed E-state index contributed by atoms with van der Waals surface area (Å²) >= 11 is 5.58. The number of halogens is 2. The van der Waals surface area contributed by atoms with E-state index in [2.05, 4.69) is 48.9 Å². The average molecular weight is 421 g/mol. The van der Waals surface area contributed by atoms with Gasteiger partial charge in [-0.15, -0.1) is 0 Å². The van der Waals surface area contributed by atoms with Crippen molar-refractivity contribution in [1.82, 2.24) is 9.78 Å². The van der Waals surface area contributed by atoms with Crippen LogP contribution in [0.15, 0.2) is 35.1 Å². The smallest absolute Gasteiger partial charge is 0.246 e. The van der Waals surface area contributed by atoms with E-state index in [1.54, 1.807) is 6.20 Å². The Balaban J connectivity index is 2.05. The number of rotatable bonds is 3. The molecule has 0 saturated carbocycles. The molecule has 0 aliphatic rings. The van der Waals surface area contributed by atoms with E-state index in [1.165, 1.54) is 10.9 Å². The molecule has 0 spiro atoms. The van der Waals surface area contributed by atoms with Gasteiger partial charge in [-0.2, -0.15) is 5.10 Å². The number of nitrogen functional groups attached to an aromatic ring is 1. The molecular weight excluding hydrogens is 411 g/mol. The number of amides is 1. The van der Waals surface area contributed by atoms with Crippen LogP contribution in [0.4, 0.5) is 11.4 Å². The maximum absolute atomic E-state index is 11.8. The highest BCUT2D eigenvalue weighted by Crippen LogP contribution is 2.24. The maximum Gasteiger partial charge on any atom is 0.246 e. The van der Waals surface area contributed by atoms with Crippen LogP contribution < -0.4 is 11.1 Å². The Kier molecular flexibility index (Phi) is 4.23. The van der Waals surface area contributed by atoms with Crippen LogP contribution in [0.2, 0.25) is 0 Å². The number of nitrogens with one attached hydrogen (secondary N) is 1. The molecule has 18 heavy (non-hydrogen) atoms. The third kappa shape index (κ3) is 3.45. The molecule has 1 aromatic carbocycles. The van der Waals surface area contributed by atoms with Gasteiger partial charge < -0.3 is 11.1 Å². The van der Waals surface area contributed by atoms with Crippen molar-refractivity contribution >= 4 is 55.8 Å². The van der Waals surface area contributed by atoms with E-state index in [1.807, 2.05) is 18.2 Å². The molecule has 2 aromatic rings. The summed E-state index contributed by atoms with van der Waals surface area (Å²) < 4.78 is 3.39. The second-order valence-electron chi connectivity index (χ2n) is 3.64. The molecule has 2 rings (SSSR count). The van der Waals surface area contributed by atoms with Crippen LogP contribution in [0.5, 0.6) is 0 Å². The van der Waals surface area contributed by atoms with Gasteiger partial charge in [-0.25, -0.2) is 0 Å². The lowest BCUT2D eigenvalue weighted by Gasteiger charge is -2.08. The first kappa shape index (κ1) is 13.3. The highest BCUT2D eigenvalue weighted by atomic mass is 127. The van der Waals surface area contributed by atoms with Crippen LogP contribution in [0, 0.1) is 3.57 Å². The Labute approximate surface area is 126 Å². The van der Waals surface area contributed by atoms with Gasteiger partial charge in [-0.05, 0) is 56.7 Å². The van der Waals surface area contributed by atoms with Crippen molar-refractivity contribution in [3.8, 4) is 0 Å². The van der Waals surface area contributed by atoms with Crippen LogP contribution in [0.1, 0.15) is 0 Å². The highest BCUT2D eigenvalue weighted by Gasteiger charge is 2.07. The minimum absolute atomic E-state index is 0.134. The Bertz CT molecular complexity index is 584. The van der Waals surface area contributed by atoms with Crippen molar-refractivity contribution in [1.29, 1.82) is 0 Å². The third-order valence-electron chi connectivity index (χ3n) is 2.16. The predicted octanol–water partition coefficient (Wildman–Crippen LogP) is 2.47. The Hall–Kier alpha value is -1.09. The number of hydrogen-bond acceptors (Lipinski definition) is 3. The predicted molar refractivity (Wildman–Crippen MR) is 82.1 cm³/mol. The number of nitrogens with zero attached hydrogens (tertiary/aromatic N) is 2. The van der Waals surface area contributed by atoms with Gasteiger partial charge in [0, 0.05) is 14.2 Å². The van der Waals surface area contributed by atoms with Gasteiger partial charge in [0.1, 0.15) is 6.54 Å². The molecule has 0 radical (unpaired) electrons. The summed E-state index contributed by atoms with van der Waals surface area (Å²) in [6.45, 7) is 0.134. The van der Waals surface area contributed by atoms with E-state index < -0.39 is 0 Å². The lowest BCUT2D eigenvalue weighted by atomic mass is 10.3. The number of nitrogens with two attached hydrogens (primary N) is 1. The van der Waals surface area contributed by atoms with E-state index in [0.29, 0.717) is 5.69 Å². The summed E-state index contributed by atoms with van der Waals surface area (Å²) in [6, 6.07) is 5.73. The van der Waals surface area contributed by atoms with E-state index in [9.17, 15) is 4.79 Å². The summed E-state index contributed by atoms with van der Waals surface area (Å²) in [5.41, 5.74) is 6.81. The topological polar surface area (TPSA) is 72.9 Å². The normalized spacial score (nSPS) is 10.3. The van der Waals surface area contributed by atoms with Gasteiger partial charge in [-0.1, -0.05) is 0 Å². The lowest BCUT2D eigenvalue weighted by Crippen LogP contribution is -2.19. The summed E-state index contributed by atoms with van der Waals surface area (Å²) in [5, 5.41) is 6.77. The largest absolute Gasteiger partial charge is 0.396 e.